The molecule has 44 heavy (non-hydrogen) atoms. The van der Waals surface area contributed by atoms with E-state index in [0.717, 1.165) is 22.9 Å². The van der Waals surface area contributed by atoms with Gasteiger partial charge in [-0.1, -0.05) is 0 Å². The molecule has 7 rings (SSSR count). The normalized spacial score (nSPS) is 24.8. The zero-order chi connectivity index (χ0) is 30.7. The van der Waals surface area contributed by atoms with Crippen molar-refractivity contribution in [3.8, 4) is 17.2 Å². The molecule has 4 atom stereocenters. The summed E-state index contributed by atoms with van der Waals surface area (Å²) >= 11 is -2.20. The Hall–Kier alpha value is -3.43. The van der Waals surface area contributed by atoms with E-state index in [1.165, 1.54) is 12.1 Å². The zero-order valence-corrected chi connectivity index (χ0v) is 26.1. The average molecular weight is 723 g/mol. The quantitative estimate of drug-likeness (QED) is 0.183. The number of morpholine rings is 1. The van der Waals surface area contributed by atoms with Gasteiger partial charge >= 0.3 is 260 Å². The second-order valence-electron chi connectivity index (χ2n) is 11.4. The van der Waals surface area contributed by atoms with Gasteiger partial charge in [-0.3, -0.25) is 0 Å². The van der Waals surface area contributed by atoms with Crippen molar-refractivity contribution in [2.45, 2.75) is 59.7 Å². The molecule has 13 heteroatoms. The van der Waals surface area contributed by atoms with Crippen LogP contribution in [0.3, 0.4) is 0 Å². The van der Waals surface area contributed by atoms with E-state index in [1.54, 1.807) is 18.3 Å². The Morgan fingerprint density at radius 3 is 2.70 bits per heavy atom. The van der Waals surface area contributed by atoms with Gasteiger partial charge in [0, 0.05) is 0 Å². The Morgan fingerprint density at radius 1 is 1.14 bits per heavy atom. The van der Waals surface area contributed by atoms with Crippen LogP contribution in [0.25, 0.3) is 0 Å². The number of carbonyl (C=O) groups excluding carboxylic acids is 2. The van der Waals surface area contributed by atoms with Gasteiger partial charge in [-0.2, -0.15) is 0 Å². The molecule has 0 bridgehead atoms. The second kappa shape index (κ2) is 11.2. The third-order valence-electron chi connectivity index (χ3n) is 8.03. The molecule has 1 aromatic heterocycles. The molecule has 2 amide bonds. The summed E-state index contributed by atoms with van der Waals surface area (Å²) in [5.74, 6) is 1.80. The van der Waals surface area contributed by atoms with E-state index >= 15 is 0 Å². The Morgan fingerprint density at radius 2 is 1.93 bits per heavy atom. The standard InChI is InChI=1S/C31H30F3IN4O5/c1-16-13-39(14-17(2)42-16)15-19-4-3-18(11-23(19)31(32,33)34)30(41)38-35-27-22-12-20(5-7-24(22)44-28(27)35)43-25-9-10-36-29-21(25)6-8-26(40)37-29/h3-5,7,9-12,16-17,27-28H,6,8,13-15H2,1-2H3,(H,38,41)(H,36,37,40)/t16-,17+,27-,28?/m1/s1. The third kappa shape index (κ3) is 5.72. The molecule has 1 unspecified atom stereocenters. The number of hydrogen-bond acceptors (Lipinski definition) is 7. The van der Waals surface area contributed by atoms with Gasteiger partial charge in [-0.25, -0.2) is 0 Å². The van der Waals surface area contributed by atoms with Gasteiger partial charge in [-0.05, 0) is 0 Å². The molecule has 232 valence electrons. The fourth-order valence-corrected chi connectivity index (χ4v) is 11.8. The van der Waals surface area contributed by atoms with Crippen LogP contribution in [0.4, 0.5) is 19.0 Å². The number of halogens is 4. The van der Waals surface area contributed by atoms with Gasteiger partial charge in [0.15, 0.2) is 0 Å². The van der Waals surface area contributed by atoms with Crippen LogP contribution in [0.1, 0.15) is 56.8 Å². The monoisotopic (exact) mass is 722 g/mol. The Kier molecular flexibility index (Phi) is 7.44. The molecule has 5 heterocycles. The summed E-state index contributed by atoms with van der Waals surface area (Å²) in [6.07, 6.45) is -2.28. The van der Waals surface area contributed by atoms with Gasteiger partial charge in [-0.15, -0.1) is 0 Å². The maximum atomic E-state index is 14.1. The summed E-state index contributed by atoms with van der Waals surface area (Å²) in [4.78, 5) is 31.1. The number of nitrogens with one attached hydrogen (secondary N) is 2. The topological polar surface area (TPSA) is 102 Å². The number of alkyl halides is 5. The minimum absolute atomic E-state index is 0.0130. The molecule has 9 nitrogen and oxygen atoms in total. The zero-order valence-electron chi connectivity index (χ0n) is 23.9. The third-order valence-corrected chi connectivity index (χ3v) is 13.4. The van der Waals surface area contributed by atoms with Crippen molar-refractivity contribution in [1.29, 1.82) is 0 Å². The molecule has 0 saturated carbocycles. The average Bonchev–Trinajstić information content (AvgIpc) is 3.48. The molecule has 0 aliphatic carbocycles. The molecule has 2 saturated heterocycles. The predicted octanol–water partition coefficient (Wildman–Crippen LogP) is 6.01. The fourth-order valence-electron chi connectivity index (χ4n) is 6.10. The van der Waals surface area contributed by atoms with E-state index < -0.39 is 37.7 Å². The number of benzene rings is 2. The molecular formula is C31H30F3IN4O5. The number of pyridine rings is 1. The van der Waals surface area contributed by atoms with Crippen molar-refractivity contribution < 1.29 is 37.0 Å². The molecule has 2 fully saturated rings. The van der Waals surface area contributed by atoms with Crippen molar-refractivity contribution in [1.82, 2.24) is 13.4 Å². The summed E-state index contributed by atoms with van der Waals surface area (Å²) in [7, 11) is 0. The first-order valence-electron chi connectivity index (χ1n) is 14.4. The van der Waals surface area contributed by atoms with Crippen LogP contribution in [-0.4, -0.2) is 51.1 Å². The van der Waals surface area contributed by atoms with Crippen molar-refractivity contribution >= 4 is 37.7 Å². The van der Waals surface area contributed by atoms with Crippen LogP contribution in [-0.2, 0) is 28.7 Å². The van der Waals surface area contributed by atoms with Crippen molar-refractivity contribution in [2.24, 2.45) is 0 Å². The van der Waals surface area contributed by atoms with E-state index in [2.05, 4.69) is 13.8 Å². The van der Waals surface area contributed by atoms with Crippen molar-refractivity contribution in [3.63, 3.8) is 0 Å². The predicted molar refractivity (Wildman–Crippen MR) is 163 cm³/mol. The number of fused-ring (bicyclic) bond motifs is 4. The summed E-state index contributed by atoms with van der Waals surface area (Å²) in [5.41, 5.74) is 1.08. The maximum absolute atomic E-state index is 14.1. The molecule has 0 radical (unpaired) electrons. The number of hydrogen-bond donors (Lipinski definition) is 2. The SMILES string of the molecule is C[C@@H]1CN(Cc2ccc(C(=O)NI3C4Oc5ccc(Oc6ccnc7c6CCC(=O)N7)cc5[C@H]43)cc2C(F)(F)F)C[C@H](C)O1. The molecule has 2 aromatic carbocycles. The first-order chi connectivity index (χ1) is 21.0. The van der Waals surface area contributed by atoms with E-state index in [1.807, 2.05) is 30.9 Å². The molecule has 4 aliphatic rings. The Labute approximate surface area is 259 Å². The first kappa shape index (κ1) is 29.3. The van der Waals surface area contributed by atoms with Gasteiger partial charge in [0.25, 0.3) is 0 Å². The summed E-state index contributed by atoms with van der Waals surface area (Å²) < 4.78 is 63.2. The number of anilines is 1. The summed E-state index contributed by atoms with van der Waals surface area (Å²) in [5, 5.41) is 2.76. The Bertz CT molecular complexity index is 1640. The van der Waals surface area contributed by atoms with E-state index in [-0.39, 0.29) is 43.8 Å². The van der Waals surface area contributed by atoms with Crippen LogP contribution in [0.2, 0.25) is 0 Å². The number of aromatic nitrogens is 1. The van der Waals surface area contributed by atoms with Crippen molar-refractivity contribution in [2.75, 3.05) is 18.4 Å². The van der Waals surface area contributed by atoms with E-state index in [4.69, 9.17) is 14.2 Å². The molecule has 3 aromatic rings. The van der Waals surface area contributed by atoms with Crippen molar-refractivity contribution in [3.05, 3.63) is 76.5 Å². The van der Waals surface area contributed by atoms with Crippen LogP contribution < -0.4 is 18.3 Å². The van der Waals surface area contributed by atoms with E-state index in [9.17, 15) is 22.8 Å². The molecule has 2 N–H and O–H groups in total. The van der Waals surface area contributed by atoms with Gasteiger partial charge in [0.1, 0.15) is 0 Å². The number of rotatable bonds is 6. The second-order valence-corrected chi connectivity index (χ2v) is 16.5. The minimum atomic E-state index is -4.60. The molecular weight excluding hydrogens is 692 g/mol. The number of amides is 2. The molecule has 4 aliphatic heterocycles. The number of nitrogens with zero attached hydrogens (tertiary/aromatic N) is 2. The van der Waals surface area contributed by atoms with Crippen LogP contribution in [0.15, 0.2) is 48.7 Å². The Balaban J connectivity index is 1.04. The van der Waals surface area contributed by atoms with Crippen LogP contribution in [0.5, 0.6) is 17.2 Å². The van der Waals surface area contributed by atoms with Gasteiger partial charge in [0.05, 0.1) is 0 Å². The fraction of sp³-hybridized carbons (Fsp3) is 0.387. The molecule has 0 spiro atoms. The first-order valence-corrected chi connectivity index (χ1v) is 17.9. The van der Waals surface area contributed by atoms with E-state index in [0.29, 0.717) is 43.2 Å². The summed E-state index contributed by atoms with van der Waals surface area (Å²) in [6.45, 7) is 5.02. The number of carbonyl (C=O) groups is 2. The van der Waals surface area contributed by atoms with Gasteiger partial charge in [0.2, 0.25) is 0 Å². The number of ether oxygens (including phenoxy) is 3. The summed E-state index contributed by atoms with van der Waals surface area (Å²) in [6, 6.07) is 11.1. The van der Waals surface area contributed by atoms with Crippen LogP contribution in [0, 0.1) is 0 Å². The van der Waals surface area contributed by atoms with Gasteiger partial charge < -0.3 is 0 Å². The van der Waals surface area contributed by atoms with Crippen LogP contribution >= 0.6 is 20.1 Å².